The largest absolute Gasteiger partial charge is 0.338 e. The molecule has 2 amide bonds. The fourth-order valence-corrected chi connectivity index (χ4v) is 2.17. The van der Waals surface area contributed by atoms with Crippen molar-refractivity contribution < 1.29 is 14.0 Å². The zero-order valence-corrected chi connectivity index (χ0v) is 11.9. The fraction of sp³-hybridized carbons (Fsp3) is 0.182. The Kier molecular flexibility index (Phi) is 3.51. The van der Waals surface area contributed by atoms with Gasteiger partial charge < -0.3 is 0 Å². The molecule has 0 saturated carbocycles. The highest BCUT2D eigenvalue weighted by molar-refractivity contribution is 7.80. The summed E-state index contributed by atoms with van der Waals surface area (Å²) in [4.78, 5) is 25.4. The third kappa shape index (κ3) is 2.31. The quantitative estimate of drug-likeness (QED) is 0.345. The molecule has 19 heavy (non-hydrogen) atoms. The highest BCUT2D eigenvalue weighted by Crippen LogP contribution is 2.30. The summed E-state index contributed by atoms with van der Waals surface area (Å²) in [6, 6.07) is 6.20. The Balaban J connectivity index is 2.38. The van der Waals surface area contributed by atoms with Crippen molar-refractivity contribution in [3.8, 4) is 0 Å². The van der Waals surface area contributed by atoms with E-state index in [0.29, 0.717) is 9.80 Å². The number of carbonyl (C=O) groups excluding carboxylic acids is 2. The van der Waals surface area contributed by atoms with Crippen LogP contribution < -0.4 is 0 Å². The van der Waals surface area contributed by atoms with E-state index in [2.05, 4.69) is 0 Å². The van der Waals surface area contributed by atoms with E-state index in [0.717, 1.165) is 7.05 Å². The average Bonchev–Trinajstić information content (AvgIpc) is 2.60. The Labute approximate surface area is 123 Å². The van der Waals surface area contributed by atoms with Crippen LogP contribution in [-0.2, 0) is 0 Å². The van der Waals surface area contributed by atoms with Gasteiger partial charge in [0.05, 0.1) is 11.1 Å². The van der Waals surface area contributed by atoms with E-state index in [-0.39, 0.29) is 11.1 Å². The second-order valence-corrected chi connectivity index (χ2v) is 5.36. The van der Waals surface area contributed by atoms with E-state index in [1.54, 1.807) is 12.1 Å². The maximum absolute atomic E-state index is 13.4. The summed E-state index contributed by atoms with van der Waals surface area (Å²) in [6.45, 7) is 0. The number of thiocarbonyl (C=S) groups is 1. The second kappa shape index (κ2) is 4.70. The topological polar surface area (TPSA) is 40.6 Å². The van der Waals surface area contributed by atoms with Gasteiger partial charge in [-0.2, -0.15) is 4.39 Å². The molecule has 4 nitrogen and oxygen atoms in total. The number of imide groups is 1. The number of carbonyl (C=O) groups is 2. The summed E-state index contributed by atoms with van der Waals surface area (Å²) >= 11 is 15.4. The average molecular weight is 321 g/mol. The van der Waals surface area contributed by atoms with E-state index in [9.17, 15) is 14.0 Å². The third-order valence-corrected chi connectivity index (χ3v) is 3.62. The van der Waals surface area contributed by atoms with Gasteiger partial charge in [0.15, 0.2) is 5.11 Å². The fourth-order valence-electron chi connectivity index (χ4n) is 1.62. The van der Waals surface area contributed by atoms with Crippen LogP contribution in [0.1, 0.15) is 20.7 Å². The molecular formula is C11H7Cl2FN2O2S. The maximum Gasteiger partial charge on any atom is 0.338 e. The first-order valence-electron chi connectivity index (χ1n) is 5.07. The lowest BCUT2D eigenvalue weighted by Crippen LogP contribution is -2.48. The lowest BCUT2D eigenvalue weighted by atomic mass is 10.1. The first kappa shape index (κ1) is 14.2. The van der Waals surface area contributed by atoms with Gasteiger partial charge in [-0.25, -0.2) is 4.90 Å². The van der Waals surface area contributed by atoms with Gasteiger partial charge in [-0.15, -0.1) is 0 Å². The molecule has 8 heteroatoms. The highest BCUT2D eigenvalue weighted by Gasteiger charge is 2.42. The molecular weight excluding hydrogens is 314 g/mol. The number of benzene rings is 1. The molecule has 1 aromatic rings. The van der Waals surface area contributed by atoms with Crippen LogP contribution >= 0.6 is 35.4 Å². The van der Waals surface area contributed by atoms with Crippen LogP contribution in [0.15, 0.2) is 24.3 Å². The Morgan fingerprint density at radius 3 is 2.05 bits per heavy atom. The predicted octanol–water partition coefficient (Wildman–Crippen LogP) is 2.56. The molecule has 0 unspecified atom stereocenters. The standard InChI is InChI=1S/C11H7Cl2FN2O2S/c1-15(11(12,13)14)10(19)16-8(17)6-4-2-3-5-7(6)9(16)18/h2-5H,1H3. The number of fused-ring (bicyclic) bond motifs is 1. The van der Waals surface area contributed by atoms with Gasteiger partial charge in [0, 0.05) is 7.05 Å². The van der Waals surface area contributed by atoms with Crippen molar-refractivity contribution in [2.24, 2.45) is 0 Å². The molecule has 0 fully saturated rings. The summed E-state index contributed by atoms with van der Waals surface area (Å²) < 4.78 is 10.6. The summed E-state index contributed by atoms with van der Waals surface area (Å²) in [6.07, 6.45) is 0. The van der Waals surface area contributed by atoms with Crippen molar-refractivity contribution in [2.75, 3.05) is 7.05 Å². The summed E-state index contributed by atoms with van der Waals surface area (Å²) in [5.74, 6) is -1.26. The summed E-state index contributed by atoms with van der Waals surface area (Å²) in [5, 5.41) is -0.404. The molecule has 1 aromatic carbocycles. The zero-order valence-electron chi connectivity index (χ0n) is 9.56. The van der Waals surface area contributed by atoms with E-state index >= 15 is 0 Å². The molecule has 1 aliphatic rings. The van der Waals surface area contributed by atoms with Gasteiger partial charge >= 0.3 is 4.71 Å². The SMILES string of the molecule is CN(C(=S)N1C(=O)c2ccccc2C1=O)C(F)(Cl)Cl. The van der Waals surface area contributed by atoms with Crippen molar-refractivity contribution in [1.29, 1.82) is 0 Å². The number of amides is 2. The number of halogens is 3. The molecule has 0 atom stereocenters. The number of rotatable bonds is 1. The molecule has 2 rings (SSSR count). The zero-order chi connectivity index (χ0) is 14.4. The lowest BCUT2D eigenvalue weighted by Gasteiger charge is -2.29. The Morgan fingerprint density at radius 1 is 1.26 bits per heavy atom. The first-order chi connectivity index (χ1) is 8.75. The van der Waals surface area contributed by atoms with Crippen LogP contribution in [0.4, 0.5) is 4.39 Å². The van der Waals surface area contributed by atoms with Crippen LogP contribution in [0.3, 0.4) is 0 Å². The van der Waals surface area contributed by atoms with Crippen molar-refractivity contribution in [3.05, 3.63) is 35.4 Å². The van der Waals surface area contributed by atoms with Crippen LogP contribution in [0.5, 0.6) is 0 Å². The second-order valence-electron chi connectivity index (χ2n) is 3.80. The van der Waals surface area contributed by atoms with Gasteiger partial charge in [-0.1, -0.05) is 12.1 Å². The van der Waals surface area contributed by atoms with Gasteiger partial charge in [0.2, 0.25) is 0 Å². The normalized spacial score (nSPS) is 14.6. The van der Waals surface area contributed by atoms with Gasteiger partial charge in [0.25, 0.3) is 11.8 Å². The van der Waals surface area contributed by atoms with E-state index in [1.807, 2.05) is 0 Å². The highest BCUT2D eigenvalue weighted by atomic mass is 35.5. The molecule has 0 N–H and O–H groups in total. The Bertz CT molecular complexity index is 553. The smallest absolute Gasteiger partial charge is 0.293 e. The van der Waals surface area contributed by atoms with E-state index in [1.165, 1.54) is 12.1 Å². The Morgan fingerprint density at radius 2 is 1.68 bits per heavy atom. The van der Waals surface area contributed by atoms with E-state index in [4.69, 9.17) is 35.4 Å². The predicted molar refractivity (Wildman–Crippen MR) is 72.8 cm³/mol. The number of hydrogen-bond acceptors (Lipinski definition) is 3. The molecule has 1 heterocycles. The van der Waals surface area contributed by atoms with Crippen molar-refractivity contribution in [2.45, 2.75) is 4.71 Å². The minimum Gasteiger partial charge on any atom is -0.293 e. The van der Waals surface area contributed by atoms with E-state index < -0.39 is 21.6 Å². The van der Waals surface area contributed by atoms with Gasteiger partial charge in [0.1, 0.15) is 0 Å². The lowest BCUT2D eigenvalue weighted by molar-refractivity contribution is 0.0725. The molecule has 0 saturated heterocycles. The molecule has 1 aliphatic heterocycles. The Hall–Kier alpha value is -1.24. The van der Waals surface area contributed by atoms with Gasteiger partial charge in [-0.3, -0.25) is 14.5 Å². The molecule has 100 valence electrons. The van der Waals surface area contributed by atoms with Crippen molar-refractivity contribution in [1.82, 2.24) is 9.80 Å². The molecule has 0 spiro atoms. The summed E-state index contributed by atoms with van der Waals surface area (Å²) in [7, 11) is 1.14. The van der Waals surface area contributed by atoms with Crippen LogP contribution in [0, 0.1) is 0 Å². The van der Waals surface area contributed by atoms with Crippen molar-refractivity contribution >= 4 is 52.3 Å². The molecule has 0 aromatic heterocycles. The minimum absolute atomic E-state index is 0.205. The number of nitrogens with zero attached hydrogens (tertiary/aromatic N) is 2. The summed E-state index contributed by atoms with van der Waals surface area (Å²) in [5.41, 5.74) is 0.411. The first-order valence-corrected chi connectivity index (χ1v) is 6.24. The monoisotopic (exact) mass is 320 g/mol. The molecule has 0 bridgehead atoms. The molecule has 0 radical (unpaired) electrons. The molecule has 0 aliphatic carbocycles. The number of hydrogen-bond donors (Lipinski definition) is 0. The van der Waals surface area contributed by atoms with Crippen LogP contribution in [0.25, 0.3) is 0 Å². The van der Waals surface area contributed by atoms with Crippen molar-refractivity contribution in [3.63, 3.8) is 0 Å². The van der Waals surface area contributed by atoms with Gasteiger partial charge in [-0.05, 0) is 47.6 Å². The third-order valence-electron chi connectivity index (χ3n) is 2.65. The van der Waals surface area contributed by atoms with Crippen LogP contribution in [0.2, 0.25) is 0 Å². The minimum atomic E-state index is -2.81. The van der Waals surface area contributed by atoms with Crippen LogP contribution in [-0.4, -0.2) is 38.5 Å². The maximum atomic E-state index is 13.4. The number of alkyl halides is 3.